The van der Waals surface area contributed by atoms with E-state index in [1.54, 1.807) is 41.2 Å². The van der Waals surface area contributed by atoms with Crippen LogP contribution in [0.5, 0.6) is 5.75 Å². The first-order valence-corrected chi connectivity index (χ1v) is 12.4. The predicted octanol–water partition coefficient (Wildman–Crippen LogP) is 2.35. The van der Waals surface area contributed by atoms with Gasteiger partial charge in [-0.15, -0.1) is 0 Å². The number of benzene rings is 2. The molecule has 0 aromatic heterocycles. The van der Waals surface area contributed by atoms with Crippen LogP contribution in [0.3, 0.4) is 0 Å². The van der Waals surface area contributed by atoms with Crippen molar-refractivity contribution in [2.45, 2.75) is 37.8 Å². The maximum Gasteiger partial charge on any atom is 0.255 e. The fourth-order valence-electron chi connectivity index (χ4n) is 5.08. The molecule has 1 atom stereocenters. The highest BCUT2D eigenvalue weighted by atomic mass is 16.5. The van der Waals surface area contributed by atoms with E-state index in [4.69, 9.17) is 4.74 Å². The predicted molar refractivity (Wildman–Crippen MR) is 132 cm³/mol. The average molecular weight is 491 g/mol. The van der Waals surface area contributed by atoms with Crippen LogP contribution >= 0.6 is 0 Å². The van der Waals surface area contributed by atoms with E-state index < -0.39 is 6.04 Å². The zero-order valence-electron chi connectivity index (χ0n) is 20.2. The summed E-state index contributed by atoms with van der Waals surface area (Å²) in [6, 6.07) is 13.8. The Morgan fingerprint density at radius 3 is 2.36 bits per heavy atom. The lowest BCUT2D eigenvalue weighted by molar-refractivity contribution is -0.136. The van der Waals surface area contributed by atoms with Gasteiger partial charge in [0.05, 0.1) is 19.3 Å². The number of hydrogen-bond acceptors (Lipinski definition) is 5. The maximum atomic E-state index is 13.1. The van der Waals surface area contributed by atoms with Gasteiger partial charge in [-0.2, -0.15) is 0 Å². The molecule has 1 unspecified atom stereocenters. The van der Waals surface area contributed by atoms with Gasteiger partial charge in [-0.05, 0) is 49.4 Å². The zero-order chi connectivity index (χ0) is 25.2. The molecule has 0 bridgehead atoms. The van der Waals surface area contributed by atoms with Gasteiger partial charge in [0, 0.05) is 30.6 Å². The van der Waals surface area contributed by atoms with Crippen molar-refractivity contribution in [1.29, 1.82) is 0 Å². The number of methoxy groups -OCH3 is 1. The summed E-state index contributed by atoms with van der Waals surface area (Å²) in [6.45, 7) is 0.748. The van der Waals surface area contributed by atoms with Crippen LogP contribution in [0.25, 0.3) is 0 Å². The van der Waals surface area contributed by atoms with Gasteiger partial charge in [-0.3, -0.25) is 19.2 Å². The van der Waals surface area contributed by atoms with E-state index in [9.17, 15) is 19.2 Å². The highest BCUT2D eigenvalue weighted by Crippen LogP contribution is 2.41. The summed E-state index contributed by atoms with van der Waals surface area (Å²) in [6.07, 6.45) is 2.87. The highest BCUT2D eigenvalue weighted by Gasteiger charge is 2.47. The summed E-state index contributed by atoms with van der Waals surface area (Å²) < 4.78 is 5.29. The molecule has 0 spiro atoms. The molecular weight excluding hydrogens is 460 g/mol. The number of piperidine rings is 1. The second kappa shape index (κ2) is 10.0. The lowest BCUT2D eigenvalue weighted by Crippen LogP contribution is -2.47. The van der Waals surface area contributed by atoms with Crippen LogP contribution in [0.2, 0.25) is 0 Å². The third-order valence-electron chi connectivity index (χ3n) is 7.18. The molecule has 188 valence electrons. The molecule has 4 amide bonds. The number of ether oxygens (including phenoxy) is 1. The minimum atomic E-state index is -0.696. The van der Waals surface area contributed by atoms with Gasteiger partial charge in [-0.1, -0.05) is 30.3 Å². The number of carbonyl (C=O) groups is 4. The second-order valence-electron chi connectivity index (χ2n) is 9.50. The van der Waals surface area contributed by atoms with Crippen molar-refractivity contribution in [3.05, 3.63) is 59.7 Å². The second-order valence-corrected chi connectivity index (χ2v) is 9.50. The Hall–Kier alpha value is -3.88. The molecule has 9 nitrogen and oxygen atoms in total. The molecule has 1 saturated carbocycles. The van der Waals surface area contributed by atoms with Crippen LogP contribution in [0.15, 0.2) is 48.5 Å². The van der Waals surface area contributed by atoms with Crippen molar-refractivity contribution in [1.82, 2.24) is 15.1 Å². The Morgan fingerprint density at radius 1 is 0.944 bits per heavy atom. The van der Waals surface area contributed by atoms with Crippen molar-refractivity contribution < 1.29 is 23.9 Å². The summed E-state index contributed by atoms with van der Waals surface area (Å²) in [5, 5.41) is 5.68. The molecular formula is C27H30N4O5. The van der Waals surface area contributed by atoms with E-state index in [1.165, 1.54) is 0 Å². The van der Waals surface area contributed by atoms with E-state index in [0.29, 0.717) is 48.5 Å². The number of fused-ring (bicyclic) bond motifs is 1. The maximum absolute atomic E-state index is 13.1. The van der Waals surface area contributed by atoms with Crippen LogP contribution in [0.4, 0.5) is 5.69 Å². The lowest BCUT2D eigenvalue weighted by Gasteiger charge is -2.32. The number of rotatable bonds is 7. The van der Waals surface area contributed by atoms with Crippen molar-refractivity contribution in [2.75, 3.05) is 32.1 Å². The van der Waals surface area contributed by atoms with Crippen molar-refractivity contribution in [3.8, 4) is 5.75 Å². The Bertz CT molecular complexity index is 1190. The number of nitrogens with zero attached hydrogens (tertiary/aromatic N) is 2. The molecule has 36 heavy (non-hydrogen) atoms. The molecule has 2 heterocycles. The monoisotopic (exact) mass is 490 g/mol. The molecule has 0 radical (unpaired) electrons. The van der Waals surface area contributed by atoms with Gasteiger partial charge in [0.25, 0.3) is 5.91 Å². The van der Waals surface area contributed by atoms with Crippen molar-refractivity contribution in [3.63, 3.8) is 0 Å². The standard InChI is InChI=1S/C27H30N4O5/c1-36-22-9-5-4-8-21(22)29-25(33)17-12-14-30(15-13-17)23(32)16-28-26(34)24-19-6-2-3-7-20(19)27(35)31(24)18-10-11-18/h2-9,17-18,24H,10-16H2,1H3,(H,28,34)(H,29,33). The van der Waals surface area contributed by atoms with E-state index >= 15 is 0 Å². The molecule has 2 N–H and O–H groups in total. The number of anilines is 1. The molecule has 2 fully saturated rings. The minimum absolute atomic E-state index is 0.0809. The lowest BCUT2D eigenvalue weighted by atomic mass is 9.95. The molecule has 2 aliphatic heterocycles. The number of nitrogens with one attached hydrogen (secondary N) is 2. The first-order valence-electron chi connectivity index (χ1n) is 12.4. The number of carbonyl (C=O) groups excluding carboxylic acids is 4. The molecule has 5 rings (SSSR count). The van der Waals surface area contributed by atoms with Gasteiger partial charge in [0.2, 0.25) is 17.7 Å². The molecule has 3 aliphatic rings. The van der Waals surface area contributed by atoms with Crippen LogP contribution in [-0.2, 0) is 14.4 Å². The molecule has 2 aromatic carbocycles. The number of hydrogen-bond donors (Lipinski definition) is 2. The summed E-state index contributed by atoms with van der Waals surface area (Å²) >= 11 is 0. The fraction of sp³-hybridized carbons (Fsp3) is 0.407. The molecule has 9 heteroatoms. The quantitative estimate of drug-likeness (QED) is 0.620. The van der Waals surface area contributed by atoms with E-state index in [-0.39, 0.29) is 42.1 Å². The third kappa shape index (κ3) is 4.65. The summed E-state index contributed by atoms with van der Waals surface area (Å²) in [4.78, 5) is 54.9. The van der Waals surface area contributed by atoms with E-state index in [0.717, 1.165) is 12.8 Å². The molecule has 2 aromatic rings. The van der Waals surface area contributed by atoms with Crippen LogP contribution in [0.1, 0.15) is 47.6 Å². The van der Waals surface area contributed by atoms with Crippen LogP contribution < -0.4 is 15.4 Å². The van der Waals surface area contributed by atoms with Crippen LogP contribution in [0, 0.1) is 5.92 Å². The Kier molecular flexibility index (Phi) is 6.63. The van der Waals surface area contributed by atoms with Crippen molar-refractivity contribution >= 4 is 29.3 Å². The smallest absolute Gasteiger partial charge is 0.255 e. The minimum Gasteiger partial charge on any atom is -0.495 e. The van der Waals surface area contributed by atoms with E-state index in [2.05, 4.69) is 10.6 Å². The average Bonchev–Trinajstić information content (AvgIpc) is 3.71. The molecule has 1 saturated heterocycles. The third-order valence-corrected chi connectivity index (χ3v) is 7.18. The normalized spacial score (nSPS) is 19.6. The van der Waals surface area contributed by atoms with E-state index in [1.807, 2.05) is 24.3 Å². The van der Waals surface area contributed by atoms with Crippen LogP contribution in [-0.4, -0.2) is 66.2 Å². The van der Waals surface area contributed by atoms with Gasteiger partial charge in [-0.25, -0.2) is 0 Å². The number of likely N-dealkylation sites (tertiary alicyclic amines) is 1. The summed E-state index contributed by atoms with van der Waals surface area (Å²) in [7, 11) is 1.56. The largest absolute Gasteiger partial charge is 0.495 e. The fourth-order valence-corrected chi connectivity index (χ4v) is 5.08. The zero-order valence-corrected chi connectivity index (χ0v) is 20.2. The number of amides is 4. The van der Waals surface area contributed by atoms with Crippen molar-refractivity contribution in [2.24, 2.45) is 5.92 Å². The summed E-state index contributed by atoms with van der Waals surface area (Å²) in [5.74, 6) is -0.345. The Morgan fingerprint density at radius 2 is 1.64 bits per heavy atom. The first kappa shape index (κ1) is 23.8. The Balaban J connectivity index is 1.13. The summed E-state index contributed by atoms with van der Waals surface area (Å²) in [5.41, 5.74) is 1.88. The SMILES string of the molecule is COc1ccccc1NC(=O)C1CCN(C(=O)CNC(=O)C2c3ccccc3C(=O)N2C2CC2)CC1. The van der Waals surface area contributed by atoms with Gasteiger partial charge in [0.1, 0.15) is 11.8 Å². The molecule has 1 aliphatic carbocycles. The first-order chi connectivity index (χ1) is 17.5. The topological polar surface area (TPSA) is 108 Å². The van der Waals surface area contributed by atoms with Gasteiger partial charge < -0.3 is 25.2 Å². The van der Waals surface area contributed by atoms with Gasteiger partial charge in [0.15, 0.2) is 0 Å². The highest BCUT2D eigenvalue weighted by molar-refractivity contribution is 6.05. The Labute approximate surface area is 209 Å². The van der Waals surface area contributed by atoms with Gasteiger partial charge >= 0.3 is 0 Å². The number of para-hydroxylation sites is 2.